The SMILES string of the molecule is Cc1nc(C(=O)N2CCOC3(CCN(CCCn4cccn4)CC3)C2)cs1. The number of amides is 1. The summed E-state index contributed by atoms with van der Waals surface area (Å²) < 4.78 is 8.17. The number of likely N-dealkylation sites (tertiary alicyclic amines) is 1. The smallest absolute Gasteiger partial charge is 0.273 e. The Kier molecular flexibility index (Phi) is 5.56. The molecular formula is C19H27N5O2S. The minimum absolute atomic E-state index is 0.0451. The van der Waals surface area contributed by atoms with Gasteiger partial charge in [-0.15, -0.1) is 11.3 Å². The summed E-state index contributed by atoms with van der Waals surface area (Å²) in [5.41, 5.74) is 0.392. The second-order valence-corrected chi connectivity index (χ2v) is 8.54. The highest BCUT2D eigenvalue weighted by molar-refractivity contribution is 7.09. The molecule has 0 aromatic carbocycles. The van der Waals surface area contributed by atoms with Gasteiger partial charge in [-0.2, -0.15) is 5.10 Å². The topological polar surface area (TPSA) is 63.5 Å². The Bertz CT molecular complexity index is 752. The fourth-order valence-electron chi connectivity index (χ4n) is 4.02. The molecule has 0 N–H and O–H groups in total. The molecular weight excluding hydrogens is 362 g/mol. The van der Waals surface area contributed by atoms with Gasteiger partial charge >= 0.3 is 0 Å². The highest BCUT2D eigenvalue weighted by atomic mass is 32.1. The van der Waals surface area contributed by atoms with Crippen molar-refractivity contribution in [3.8, 4) is 0 Å². The van der Waals surface area contributed by atoms with Crippen LogP contribution in [0.4, 0.5) is 0 Å². The van der Waals surface area contributed by atoms with Crippen LogP contribution in [0.5, 0.6) is 0 Å². The third kappa shape index (κ3) is 4.39. The Balaban J connectivity index is 1.27. The molecule has 4 rings (SSSR count). The third-order valence-electron chi connectivity index (χ3n) is 5.56. The van der Waals surface area contributed by atoms with E-state index in [1.54, 1.807) is 0 Å². The number of thiazole rings is 1. The lowest BCUT2D eigenvalue weighted by atomic mass is 9.89. The molecule has 2 aliphatic rings. The van der Waals surface area contributed by atoms with Crippen LogP contribution in [-0.4, -0.2) is 75.4 Å². The molecule has 146 valence electrons. The van der Waals surface area contributed by atoms with Gasteiger partial charge in [-0.25, -0.2) is 4.98 Å². The maximum atomic E-state index is 12.8. The first-order valence-electron chi connectivity index (χ1n) is 9.69. The minimum Gasteiger partial charge on any atom is -0.371 e. The van der Waals surface area contributed by atoms with Gasteiger partial charge in [0.05, 0.1) is 23.8 Å². The van der Waals surface area contributed by atoms with Crippen molar-refractivity contribution in [2.45, 2.75) is 38.3 Å². The molecule has 7 nitrogen and oxygen atoms in total. The molecule has 27 heavy (non-hydrogen) atoms. The van der Waals surface area contributed by atoms with Crippen molar-refractivity contribution in [2.24, 2.45) is 0 Å². The number of hydrogen-bond acceptors (Lipinski definition) is 6. The van der Waals surface area contributed by atoms with Crippen LogP contribution in [0, 0.1) is 6.92 Å². The monoisotopic (exact) mass is 389 g/mol. The number of piperidine rings is 1. The van der Waals surface area contributed by atoms with Crippen molar-refractivity contribution in [2.75, 3.05) is 39.3 Å². The molecule has 1 amide bonds. The van der Waals surface area contributed by atoms with E-state index in [0.717, 1.165) is 50.4 Å². The van der Waals surface area contributed by atoms with E-state index in [-0.39, 0.29) is 11.5 Å². The molecule has 4 heterocycles. The van der Waals surface area contributed by atoms with E-state index < -0.39 is 0 Å². The molecule has 2 saturated heterocycles. The highest BCUT2D eigenvalue weighted by Crippen LogP contribution is 2.31. The van der Waals surface area contributed by atoms with Crippen molar-refractivity contribution in [1.29, 1.82) is 0 Å². The zero-order chi connectivity index (χ0) is 18.7. The Morgan fingerprint density at radius 2 is 2.15 bits per heavy atom. The Labute approximate surface area is 163 Å². The van der Waals surface area contributed by atoms with E-state index in [4.69, 9.17) is 4.74 Å². The summed E-state index contributed by atoms with van der Waals surface area (Å²) in [6.45, 7) is 7.98. The fourth-order valence-corrected chi connectivity index (χ4v) is 4.60. The van der Waals surface area contributed by atoms with Crippen LogP contribution in [0.2, 0.25) is 0 Å². The predicted octanol–water partition coefficient (Wildman–Crippen LogP) is 2.05. The van der Waals surface area contributed by atoms with Crippen molar-refractivity contribution in [3.63, 3.8) is 0 Å². The van der Waals surface area contributed by atoms with Crippen LogP contribution >= 0.6 is 11.3 Å². The number of ether oxygens (including phenoxy) is 1. The van der Waals surface area contributed by atoms with Crippen LogP contribution in [0.3, 0.4) is 0 Å². The molecule has 2 aromatic rings. The maximum absolute atomic E-state index is 12.8. The molecule has 2 aliphatic heterocycles. The number of rotatable bonds is 5. The van der Waals surface area contributed by atoms with Gasteiger partial charge < -0.3 is 14.5 Å². The lowest BCUT2D eigenvalue weighted by Crippen LogP contribution is -2.58. The van der Waals surface area contributed by atoms with Crippen molar-refractivity contribution < 1.29 is 9.53 Å². The zero-order valence-corrected chi connectivity index (χ0v) is 16.7. The quantitative estimate of drug-likeness (QED) is 0.783. The highest BCUT2D eigenvalue weighted by Gasteiger charge is 2.41. The first kappa shape index (κ1) is 18.6. The normalized spacial score (nSPS) is 20.3. The van der Waals surface area contributed by atoms with Crippen molar-refractivity contribution in [1.82, 2.24) is 24.6 Å². The molecule has 0 radical (unpaired) electrons. The molecule has 0 saturated carbocycles. The van der Waals surface area contributed by atoms with Gasteiger partial charge in [0.1, 0.15) is 5.69 Å². The number of nitrogens with zero attached hydrogens (tertiary/aromatic N) is 5. The first-order chi connectivity index (χ1) is 13.1. The van der Waals surface area contributed by atoms with Gasteiger partial charge in [0, 0.05) is 44.0 Å². The fraction of sp³-hybridized carbons (Fsp3) is 0.632. The lowest BCUT2D eigenvalue weighted by Gasteiger charge is -2.47. The van der Waals surface area contributed by atoms with Crippen LogP contribution in [-0.2, 0) is 11.3 Å². The minimum atomic E-state index is -0.183. The second kappa shape index (κ2) is 8.08. The van der Waals surface area contributed by atoms with Gasteiger partial charge in [-0.05, 0) is 38.8 Å². The molecule has 2 aromatic heterocycles. The number of hydrogen-bond donors (Lipinski definition) is 0. The van der Waals surface area contributed by atoms with E-state index >= 15 is 0 Å². The average molecular weight is 390 g/mol. The molecule has 0 aliphatic carbocycles. The Hall–Kier alpha value is -1.77. The summed E-state index contributed by atoms with van der Waals surface area (Å²) in [5.74, 6) is 0.0451. The molecule has 0 atom stereocenters. The zero-order valence-electron chi connectivity index (χ0n) is 15.8. The van der Waals surface area contributed by atoms with Crippen LogP contribution in [0.25, 0.3) is 0 Å². The molecule has 1 spiro atoms. The van der Waals surface area contributed by atoms with Gasteiger partial charge in [0.15, 0.2) is 0 Å². The first-order valence-corrected chi connectivity index (χ1v) is 10.6. The maximum Gasteiger partial charge on any atom is 0.273 e. The van der Waals surface area contributed by atoms with Gasteiger partial charge in [0.25, 0.3) is 5.91 Å². The second-order valence-electron chi connectivity index (χ2n) is 7.47. The van der Waals surface area contributed by atoms with Gasteiger partial charge in [-0.3, -0.25) is 9.48 Å². The van der Waals surface area contributed by atoms with E-state index in [9.17, 15) is 4.79 Å². The number of carbonyl (C=O) groups excluding carboxylic acids is 1. The van der Waals surface area contributed by atoms with Crippen LogP contribution in [0.15, 0.2) is 23.8 Å². The summed E-state index contributed by atoms with van der Waals surface area (Å²) in [7, 11) is 0. The van der Waals surface area contributed by atoms with E-state index in [1.165, 1.54) is 11.3 Å². The van der Waals surface area contributed by atoms with Crippen LogP contribution in [0.1, 0.15) is 34.8 Å². The molecule has 8 heteroatoms. The van der Waals surface area contributed by atoms with Gasteiger partial charge in [0.2, 0.25) is 0 Å². The van der Waals surface area contributed by atoms with E-state index in [0.29, 0.717) is 25.4 Å². The Morgan fingerprint density at radius 1 is 1.30 bits per heavy atom. The summed E-state index contributed by atoms with van der Waals surface area (Å²) in [4.78, 5) is 21.5. The van der Waals surface area contributed by atoms with Crippen molar-refractivity contribution in [3.05, 3.63) is 34.5 Å². The lowest BCUT2D eigenvalue weighted by molar-refractivity contribution is -0.127. The van der Waals surface area contributed by atoms with E-state index in [2.05, 4.69) is 15.0 Å². The number of carbonyl (C=O) groups is 1. The average Bonchev–Trinajstić information content (AvgIpc) is 3.35. The summed E-state index contributed by atoms with van der Waals surface area (Å²) in [6, 6.07) is 1.96. The largest absolute Gasteiger partial charge is 0.371 e. The standard InChI is InChI=1S/C19H27N5O2S/c1-16-21-17(14-27-16)18(25)23-12-13-26-19(15-23)4-10-22(11-5-19)7-3-9-24-8-2-6-20-24/h2,6,8,14H,3-5,7,9-13,15H2,1H3. The molecule has 2 fully saturated rings. The van der Waals surface area contributed by atoms with Gasteiger partial charge in [-0.1, -0.05) is 0 Å². The van der Waals surface area contributed by atoms with Crippen LogP contribution < -0.4 is 0 Å². The number of aryl methyl sites for hydroxylation is 2. The van der Waals surface area contributed by atoms with Crippen molar-refractivity contribution >= 4 is 17.2 Å². The number of morpholine rings is 1. The number of aromatic nitrogens is 3. The third-order valence-corrected chi connectivity index (χ3v) is 6.34. The summed E-state index contributed by atoms with van der Waals surface area (Å²) >= 11 is 1.53. The Morgan fingerprint density at radius 3 is 2.85 bits per heavy atom. The summed E-state index contributed by atoms with van der Waals surface area (Å²) in [6.07, 6.45) is 6.90. The van der Waals surface area contributed by atoms with E-state index in [1.807, 2.05) is 40.3 Å². The summed E-state index contributed by atoms with van der Waals surface area (Å²) in [5, 5.41) is 7.05. The molecule has 0 unspecified atom stereocenters. The molecule has 0 bridgehead atoms. The predicted molar refractivity (Wildman–Crippen MR) is 104 cm³/mol.